The second kappa shape index (κ2) is 8.58. The van der Waals surface area contributed by atoms with E-state index in [0.29, 0.717) is 25.3 Å². The number of urea groups is 2. The molecule has 4 amide bonds. The summed E-state index contributed by atoms with van der Waals surface area (Å²) in [5.41, 5.74) is 3.80. The second-order valence-corrected chi connectivity index (χ2v) is 6.73. The van der Waals surface area contributed by atoms with Crippen molar-refractivity contribution in [2.45, 2.75) is 26.8 Å². The Morgan fingerprint density at radius 2 is 1.89 bits per heavy atom. The van der Waals surface area contributed by atoms with Gasteiger partial charge in [0.2, 0.25) is 0 Å². The van der Waals surface area contributed by atoms with E-state index in [2.05, 4.69) is 41.8 Å². The monoisotopic (exact) mass is 366 g/mol. The summed E-state index contributed by atoms with van der Waals surface area (Å²) in [6.07, 6.45) is 0.908. The van der Waals surface area contributed by atoms with Gasteiger partial charge in [-0.25, -0.2) is 9.59 Å². The number of hydrogen-bond acceptors (Lipinski definition) is 2. The van der Waals surface area contributed by atoms with Gasteiger partial charge in [0.1, 0.15) is 0 Å². The molecule has 0 saturated carbocycles. The lowest BCUT2D eigenvalue weighted by molar-refractivity contribution is 0.192. The molecule has 1 aliphatic heterocycles. The summed E-state index contributed by atoms with van der Waals surface area (Å²) in [4.78, 5) is 28.4. The Morgan fingerprint density at radius 1 is 1.11 bits per heavy atom. The third-order valence-corrected chi connectivity index (χ3v) is 4.56. The third-order valence-electron chi connectivity index (χ3n) is 4.56. The normalized spacial score (nSPS) is 14.2. The zero-order chi connectivity index (χ0) is 19.2. The standard InChI is InChI=1S/C21H26N4O2/c1-3-22-20(26)23-18-6-4-7-19(14-18)25-13-5-12-24(21(25)27)15-17-10-8-16(2)9-11-17/h4,6-11,14H,3,5,12-13,15H2,1-2H3,(H2,22,23,26). The smallest absolute Gasteiger partial charge is 0.324 e. The number of anilines is 2. The van der Waals surface area contributed by atoms with Crippen LogP contribution in [0.5, 0.6) is 0 Å². The van der Waals surface area contributed by atoms with Crippen molar-refractivity contribution in [3.63, 3.8) is 0 Å². The first-order chi connectivity index (χ1) is 13.1. The first-order valence-corrected chi connectivity index (χ1v) is 9.33. The van der Waals surface area contributed by atoms with Crippen LogP contribution in [0.25, 0.3) is 0 Å². The molecule has 2 aromatic carbocycles. The van der Waals surface area contributed by atoms with E-state index < -0.39 is 0 Å². The van der Waals surface area contributed by atoms with E-state index >= 15 is 0 Å². The molecule has 2 N–H and O–H groups in total. The van der Waals surface area contributed by atoms with Crippen LogP contribution in [0.1, 0.15) is 24.5 Å². The van der Waals surface area contributed by atoms with Gasteiger partial charge in [0.15, 0.2) is 0 Å². The number of aryl methyl sites for hydroxylation is 1. The molecule has 3 rings (SSSR count). The van der Waals surface area contributed by atoms with Crippen LogP contribution in [0.3, 0.4) is 0 Å². The Kier molecular flexibility index (Phi) is 5.96. The Balaban J connectivity index is 1.71. The second-order valence-electron chi connectivity index (χ2n) is 6.73. The number of nitrogens with one attached hydrogen (secondary N) is 2. The average Bonchev–Trinajstić information content (AvgIpc) is 2.65. The van der Waals surface area contributed by atoms with Crippen LogP contribution in [0, 0.1) is 6.92 Å². The van der Waals surface area contributed by atoms with E-state index in [9.17, 15) is 9.59 Å². The molecule has 0 aliphatic carbocycles. The number of carbonyl (C=O) groups excluding carboxylic acids is 2. The minimum atomic E-state index is -0.249. The van der Waals surface area contributed by atoms with Crippen molar-refractivity contribution < 1.29 is 9.59 Å². The van der Waals surface area contributed by atoms with Crippen molar-refractivity contribution >= 4 is 23.4 Å². The van der Waals surface area contributed by atoms with Crippen LogP contribution < -0.4 is 15.5 Å². The maximum atomic E-state index is 13.0. The Hall–Kier alpha value is -3.02. The first-order valence-electron chi connectivity index (χ1n) is 9.33. The predicted octanol–water partition coefficient (Wildman–Crippen LogP) is 3.97. The highest BCUT2D eigenvalue weighted by Gasteiger charge is 2.27. The molecule has 1 saturated heterocycles. The quantitative estimate of drug-likeness (QED) is 0.841. The molecular weight excluding hydrogens is 340 g/mol. The maximum Gasteiger partial charge on any atom is 0.324 e. The fraction of sp³-hybridized carbons (Fsp3) is 0.333. The molecule has 0 bridgehead atoms. The molecule has 27 heavy (non-hydrogen) atoms. The number of carbonyl (C=O) groups is 2. The van der Waals surface area contributed by atoms with Crippen LogP contribution in [0.15, 0.2) is 48.5 Å². The first kappa shape index (κ1) is 18.8. The highest BCUT2D eigenvalue weighted by atomic mass is 16.2. The number of benzene rings is 2. The van der Waals surface area contributed by atoms with Gasteiger partial charge in [-0.3, -0.25) is 4.90 Å². The van der Waals surface area contributed by atoms with E-state index in [1.807, 2.05) is 36.1 Å². The molecule has 0 atom stereocenters. The van der Waals surface area contributed by atoms with Gasteiger partial charge >= 0.3 is 12.1 Å². The molecule has 1 aliphatic rings. The molecule has 2 aromatic rings. The van der Waals surface area contributed by atoms with E-state index in [1.165, 1.54) is 5.56 Å². The molecule has 1 fully saturated rings. The number of nitrogens with zero attached hydrogens (tertiary/aromatic N) is 2. The van der Waals surface area contributed by atoms with Crippen LogP contribution in [-0.2, 0) is 6.54 Å². The van der Waals surface area contributed by atoms with Crippen LogP contribution >= 0.6 is 0 Å². The summed E-state index contributed by atoms with van der Waals surface area (Å²) in [6.45, 7) is 6.51. The van der Waals surface area contributed by atoms with E-state index in [1.54, 1.807) is 4.90 Å². The van der Waals surface area contributed by atoms with Crippen molar-refractivity contribution in [2.75, 3.05) is 29.9 Å². The van der Waals surface area contributed by atoms with Crippen molar-refractivity contribution in [3.05, 3.63) is 59.7 Å². The van der Waals surface area contributed by atoms with Gasteiger partial charge in [-0.15, -0.1) is 0 Å². The lowest BCUT2D eigenvalue weighted by Crippen LogP contribution is -2.49. The Morgan fingerprint density at radius 3 is 2.63 bits per heavy atom. The zero-order valence-electron chi connectivity index (χ0n) is 15.9. The van der Waals surface area contributed by atoms with Gasteiger partial charge in [0, 0.05) is 37.6 Å². The van der Waals surface area contributed by atoms with Gasteiger partial charge in [-0.2, -0.15) is 0 Å². The summed E-state index contributed by atoms with van der Waals surface area (Å²) in [5.74, 6) is 0. The SMILES string of the molecule is CCNC(=O)Nc1cccc(N2CCCN(Cc3ccc(C)cc3)C2=O)c1. The van der Waals surface area contributed by atoms with E-state index in [0.717, 1.165) is 24.2 Å². The molecule has 142 valence electrons. The van der Waals surface area contributed by atoms with Crippen LogP contribution in [-0.4, -0.2) is 36.6 Å². The Bertz CT molecular complexity index is 804. The molecule has 6 nitrogen and oxygen atoms in total. The summed E-state index contributed by atoms with van der Waals surface area (Å²) < 4.78 is 0. The number of rotatable bonds is 5. The molecule has 0 radical (unpaired) electrons. The van der Waals surface area contributed by atoms with Crippen molar-refractivity contribution in [3.8, 4) is 0 Å². The zero-order valence-corrected chi connectivity index (χ0v) is 15.9. The summed E-state index contributed by atoms with van der Waals surface area (Å²) in [5, 5.41) is 5.49. The van der Waals surface area contributed by atoms with Gasteiger partial charge in [-0.1, -0.05) is 35.9 Å². The van der Waals surface area contributed by atoms with Gasteiger partial charge in [0.05, 0.1) is 0 Å². The summed E-state index contributed by atoms with van der Waals surface area (Å²) >= 11 is 0. The van der Waals surface area contributed by atoms with Crippen molar-refractivity contribution in [2.24, 2.45) is 0 Å². The third kappa shape index (κ3) is 4.78. The van der Waals surface area contributed by atoms with Crippen molar-refractivity contribution in [1.29, 1.82) is 0 Å². The minimum absolute atomic E-state index is 0.00279. The number of amides is 4. The lowest BCUT2D eigenvalue weighted by atomic mass is 10.1. The highest BCUT2D eigenvalue weighted by molar-refractivity contribution is 5.94. The van der Waals surface area contributed by atoms with E-state index in [-0.39, 0.29) is 12.1 Å². The lowest BCUT2D eigenvalue weighted by Gasteiger charge is -2.36. The molecule has 0 spiro atoms. The summed E-state index contributed by atoms with van der Waals surface area (Å²) in [6, 6.07) is 15.4. The predicted molar refractivity (Wildman–Crippen MR) is 108 cm³/mol. The molecule has 6 heteroatoms. The van der Waals surface area contributed by atoms with Crippen LogP contribution in [0.2, 0.25) is 0 Å². The van der Waals surface area contributed by atoms with Gasteiger partial charge in [-0.05, 0) is 44.0 Å². The van der Waals surface area contributed by atoms with Gasteiger partial charge < -0.3 is 15.5 Å². The van der Waals surface area contributed by atoms with Gasteiger partial charge in [0.25, 0.3) is 0 Å². The number of hydrogen-bond donors (Lipinski definition) is 2. The molecule has 0 unspecified atom stereocenters. The molecular formula is C21H26N4O2. The largest absolute Gasteiger partial charge is 0.338 e. The molecule has 1 heterocycles. The molecule has 0 aromatic heterocycles. The van der Waals surface area contributed by atoms with E-state index in [4.69, 9.17) is 0 Å². The maximum absolute atomic E-state index is 13.0. The minimum Gasteiger partial charge on any atom is -0.338 e. The average molecular weight is 366 g/mol. The summed E-state index contributed by atoms with van der Waals surface area (Å²) in [7, 11) is 0. The van der Waals surface area contributed by atoms with Crippen molar-refractivity contribution in [1.82, 2.24) is 10.2 Å². The fourth-order valence-electron chi connectivity index (χ4n) is 3.17. The highest BCUT2D eigenvalue weighted by Crippen LogP contribution is 2.24. The fourth-order valence-corrected chi connectivity index (χ4v) is 3.17. The van der Waals surface area contributed by atoms with Crippen LogP contribution in [0.4, 0.5) is 21.0 Å². The Labute approximate surface area is 160 Å². The topological polar surface area (TPSA) is 64.7 Å².